The van der Waals surface area contributed by atoms with E-state index in [1.807, 2.05) is 62.1 Å². The summed E-state index contributed by atoms with van der Waals surface area (Å²) < 4.78 is 64.6. The molecule has 656 valence electrons. The van der Waals surface area contributed by atoms with E-state index in [9.17, 15) is 25.0 Å². The molecule has 118 heavy (non-hydrogen) atoms. The largest absolute Gasteiger partial charge is 0.504 e. The van der Waals surface area contributed by atoms with Crippen molar-refractivity contribution in [2.75, 3.05) is 235 Å². The zero-order valence-corrected chi connectivity index (χ0v) is 71.8. The summed E-state index contributed by atoms with van der Waals surface area (Å²) in [5, 5.41) is 40.5. The second-order valence-electron chi connectivity index (χ2n) is 29.2. The van der Waals surface area contributed by atoms with Crippen molar-refractivity contribution in [3.05, 3.63) is 129 Å². The zero-order chi connectivity index (χ0) is 83.8. The topological polar surface area (TPSA) is 364 Å². The van der Waals surface area contributed by atoms with Crippen LogP contribution in [0, 0.1) is 32.1 Å². The predicted octanol–water partition coefficient (Wildman–Crippen LogP) is 12.2. The maximum atomic E-state index is 12.0. The number of halogens is 3. The summed E-state index contributed by atoms with van der Waals surface area (Å²) in [5.41, 5.74) is 7.68. The second-order valence-corrected chi connectivity index (χ2v) is 29.9. The summed E-state index contributed by atoms with van der Waals surface area (Å²) >= 11 is 11.4. The lowest BCUT2D eigenvalue weighted by atomic mass is 9.92. The number of rotatable bonds is 32. The minimum absolute atomic E-state index is 0. The number of methoxy groups -OCH3 is 4. The van der Waals surface area contributed by atoms with Gasteiger partial charge in [-0.2, -0.15) is 4.98 Å². The number of phenols is 1. The van der Waals surface area contributed by atoms with Crippen molar-refractivity contribution in [2.45, 2.75) is 90.6 Å². The molecule has 0 radical (unpaired) electrons. The number of aryl methyl sites for hydroxylation is 1. The Labute approximate surface area is 710 Å². The Morgan fingerprint density at radius 2 is 1.03 bits per heavy atom. The van der Waals surface area contributed by atoms with Crippen molar-refractivity contribution in [3.63, 3.8) is 0 Å². The molecule has 33 nitrogen and oxygen atoms in total. The fourth-order valence-electron chi connectivity index (χ4n) is 12.9. The van der Waals surface area contributed by atoms with E-state index in [0.717, 1.165) is 250 Å². The summed E-state index contributed by atoms with van der Waals surface area (Å²) in [5.74, 6) is 7.23. The van der Waals surface area contributed by atoms with Crippen molar-refractivity contribution in [1.82, 2.24) is 49.8 Å². The van der Waals surface area contributed by atoms with Crippen LogP contribution in [-0.4, -0.2) is 289 Å². The monoisotopic (exact) mass is 1710 g/mol. The number of alkyl halides is 1. The van der Waals surface area contributed by atoms with Crippen LogP contribution in [0.2, 0.25) is 5.28 Å². The van der Waals surface area contributed by atoms with Gasteiger partial charge in [-0.3, -0.25) is 39.8 Å². The molecule has 6 aliphatic heterocycles. The number of ether oxygens (including phenoxy) is 12. The number of carbonyl (C=O) groups is 1. The first-order valence-corrected chi connectivity index (χ1v) is 41.2. The summed E-state index contributed by atoms with van der Waals surface area (Å²) in [6.07, 6.45) is 13.5. The summed E-state index contributed by atoms with van der Waals surface area (Å²) in [7, 11) is 6.18. The van der Waals surface area contributed by atoms with Gasteiger partial charge in [0.1, 0.15) is 11.4 Å². The summed E-state index contributed by atoms with van der Waals surface area (Å²) in [6, 6.07) is 23.0. The predicted molar refractivity (Wildman–Crippen MR) is 459 cm³/mol. The van der Waals surface area contributed by atoms with Crippen molar-refractivity contribution >= 4 is 76.2 Å². The molecular formula is C82H124Cl3N15O18. The number of nitrogens with zero attached hydrogens (tertiary/aromatic N) is 11. The number of nitrogens with two attached hydrogens (primary N) is 1. The standard InChI is InChI=1S/C24H36N6O3.C16H24ClN3O2.C14H20N2O5.C14H22N2O3.C7H14ClNO.C7H7NO4.ClH/c1-31-21-4-3-20(17-22(21)33-14-2-11-30-12-15-32-16-13-30)28-24-26-10-7-23(29-24)27-18-19-5-8-25-9-6-19;1-16(2,3)22-15(21)20-10-7-12(8-11-20)4-5-13-6-9-18-14(17)19-13;1-19-13-4-3-12(16(17)18)11-14(13)21-8-2-5-15-6-9-20-10-7-15;1-17-13-4-3-12(15)11-14(13)19-8-2-5-16-6-9-18-10-7-16;8-2-1-3-9-4-6-10-7-5-9;1-12-7-3-2-5(8(10)11)4-6(7)9;/h3-4,7,10,17,19,25H,2,5-6,8-9,11-16,18H2,1H3,(H2,26,27,28,29);6,9,12H,4-5,7-8,10-11H2,1-3H3;3-4,11H,2,5-10H2,1H3;3-4,11H,2,5-10,15H2,1H3;1-7H2;2-4,9H,1H3;1H. The third kappa shape index (κ3) is 38.6. The molecule has 6 aromatic rings. The van der Waals surface area contributed by atoms with Gasteiger partial charge in [0.15, 0.2) is 46.0 Å². The lowest BCUT2D eigenvalue weighted by molar-refractivity contribution is -0.385. The quantitative estimate of drug-likeness (QED) is 0.00654. The number of piperidine rings is 2. The average Bonchev–Trinajstić information content (AvgIpc) is 1.10. The van der Waals surface area contributed by atoms with E-state index in [1.54, 1.807) is 44.8 Å². The Hall–Kier alpha value is -8.58. The van der Waals surface area contributed by atoms with Gasteiger partial charge in [0.25, 0.3) is 11.4 Å². The van der Waals surface area contributed by atoms with Crippen LogP contribution in [-0.2, 0) is 30.1 Å². The van der Waals surface area contributed by atoms with Crippen molar-refractivity contribution in [2.24, 2.45) is 11.8 Å². The Kier molecular flexibility index (Phi) is 46.7. The van der Waals surface area contributed by atoms with E-state index in [0.29, 0.717) is 77.3 Å². The molecule has 6 aliphatic rings. The number of nitro groups is 2. The van der Waals surface area contributed by atoms with Gasteiger partial charge >= 0.3 is 6.09 Å². The molecule has 0 atom stereocenters. The lowest BCUT2D eigenvalue weighted by Crippen LogP contribution is -2.41. The van der Waals surface area contributed by atoms with E-state index in [2.05, 4.69) is 55.5 Å². The van der Waals surface area contributed by atoms with Gasteiger partial charge in [0.05, 0.1) is 123 Å². The van der Waals surface area contributed by atoms with Crippen LogP contribution >= 0.6 is 35.6 Å². The smallest absolute Gasteiger partial charge is 0.410 e. The molecule has 2 aromatic heterocycles. The number of amides is 1. The molecule has 0 spiro atoms. The van der Waals surface area contributed by atoms with Gasteiger partial charge < -0.3 is 88.5 Å². The number of phenolic OH excluding ortho intramolecular Hbond substituents is 1. The van der Waals surface area contributed by atoms with Gasteiger partial charge in [-0.1, -0.05) is 0 Å². The Balaban J connectivity index is 0.000000228. The first kappa shape index (κ1) is 98.2. The first-order valence-electron chi connectivity index (χ1n) is 40.3. The fourth-order valence-corrected chi connectivity index (χ4v) is 13.2. The third-order valence-corrected chi connectivity index (χ3v) is 19.9. The molecular weight excluding hydrogens is 1590 g/mol. The number of aromatic hydroxyl groups is 1. The number of aromatic nitrogens is 4. The number of non-ortho nitro benzene ring substituents is 2. The number of nitrogen functional groups attached to an aromatic ring is 1. The van der Waals surface area contributed by atoms with Gasteiger partial charge in [-0.15, -0.1) is 24.0 Å². The highest BCUT2D eigenvalue weighted by Crippen LogP contribution is 2.35. The number of morpholine rings is 4. The maximum Gasteiger partial charge on any atom is 0.410 e. The van der Waals surface area contributed by atoms with E-state index in [1.165, 1.54) is 51.3 Å². The summed E-state index contributed by atoms with van der Waals surface area (Å²) in [4.78, 5) is 60.4. The molecule has 6 N–H and O–H groups in total. The van der Waals surface area contributed by atoms with Crippen molar-refractivity contribution in [3.8, 4) is 46.0 Å². The van der Waals surface area contributed by atoms with E-state index in [-0.39, 0.29) is 41.4 Å². The molecule has 6 fully saturated rings. The van der Waals surface area contributed by atoms with Crippen LogP contribution < -0.4 is 54.8 Å². The third-order valence-electron chi connectivity index (χ3n) is 19.4. The highest BCUT2D eigenvalue weighted by molar-refractivity contribution is 6.28. The molecule has 36 heteroatoms. The number of anilines is 4. The zero-order valence-electron chi connectivity index (χ0n) is 69.5. The molecule has 0 bridgehead atoms. The Bertz CT molecular complexity index is 3810. The van der Waals surface area contributed by atoms with E-state index < -0.39 is 15.4 Å². The molecule has 6 saturated heterocycles. The van der Waals surface area contributed by atoms with E-state index in [4.69, 9.17) is 90.9 Å². The number of nitrogens with one attached hydrogen (secondary N) is 3. The second kappa shape index (κ2) is 56.0. The number of likely N-dealkylation sites (tertiary alicyclic amines) is 1. The van der Waals surface area contributed by atoms with Gasteiger partial charge in [-0.05, 0) is 177 Å². The number of nitro benzene ring substituents is 2. The normalized spacial score (nSPS) is 16.2. The van der Waals surface area contributed by atoms with Crippen LogP contribution in [0.15, 0.2) is 97.3 Å². The van der Waals surface area contributed by atoms with E-state index >= 15 is 0 Å². The van der Waals surface area contributed by atoms with Gasteiger partial charge in [-0.25, -0.2) is 19.7 Å². The minimum atomic E-state index is -0.584. The molecule has 4 aromatic carbocycles. The van der Waals surface area contributed by atoms with Gasteiger partial charge in [0.2, 0.25) is 11.2 Å². The minimum Gasteiger partial charge on any atom is -0.504 e. The highest BCUT2D eigenvalue weighted by atomic mass is 35.5. The van der Waals surface area contributed by atoms with Crippen LogP contribution in [0.5, 0.6) is 46.0 Å². The Morgan fingerprint density at radius 1 is 0.576 bits per heavy atom. The first-order chi connectivity index (χ1) is 56.7. The van der Waals surface area contributed by atoms with Crippen LogP contribution in [0.4, 0.5) is 39.3 Å². The number of carbonyl (C=O) groups excluding carboxylic acids is 1. The molecule has 12 rings (SSSR count). The highest BCUT2D eigenvalue weighted by Gasteiger charge is 2.28. The fraction of sp³-hybridized carbons (Fsp3) is 0.598. The van der Waals surface area contributed by atoms with Crippen LogP contribution in [0.3, 0.4) is 0 Å². The van der Waals surface area contributed by atoms with Crippen LogP contribution in [0.1, 0.15) is 84.3 Å². The molecule has 8 heterocycles. The molecule has 0 aliphatic carbocycles. The lowest BCUT2D eigenvalue weighted by Gasteiger charge is -2.33. The summed E-state index contributed by atoms with van der Waals surface area (Å²) in [6.45, 7) is 31.0. The Morgan fingerprint density at radius 3 is 1.51 bits per heavy atom. The average molecular weight is 1710 g/mol. The molecule has 0 saturated carbocycles. The van der Waals surface area contributed by atoms with Crippen molar-refractivity contribution < 1.29 is 76.6 Å². The maximum absolute atomic E-state index is 12.0. The molecule has 1 amide bonds. The number of hydrogen-bond donors (Lipinski definition) is 5. The number of hydrogen-bond acceptors (Lipinski definition) is 30. The molecule has 0 unspecified atom stereocenters. The van der Waals surface area contributed by atoms with Crippen molar-refractivity contribution in [1.29, 1.82) is 0 Å². The van der Waals surface area contributed by atoms with Crippen LogP contribution in [0.25, 0.3) is 0 Å². The SMILES string of the molecule is CC(C)(C)OC(=O)N1CCC(CCc2ccnc(Cl)n2)CC1.COc1ccc(N)cc1OCCCN1CCOCC1.COc1ccc(Nc2nccc(NCC3CCNCC3)n2)cc1OCCCN1CCOCC1.COc1ccc([N+](=O)[O-])cc1O.COc1ccc([N+](=O)[O-])cc1OCCCN1CCOCC1.Cl.ClCCCN1CCOCC1. The van der Waals surface area contributed by atoms with Gasteiger partial charge in [0, 0.05) is 151 Å². The number of benzene rings is 4.